The van der Waals surface area contributed by atoms with Gasteiger partial charge in [-0.1, -0.05) is 18.1 Å². The van der Waals surface area contributed by atoms with Crippen LogP contribution in [-0.2, 0) is 11.3 Å². The first-order chi connectivity index (χ1) is 6.36. The standard InChI is InChI=1S/C11H11FO/c1-2-10-3-5-11(6-4-10)9-13-8-7-12/h1,3-6H,7-9H2. The molecule has 0 saturated carbocycles. The molecule has 1 aromatic carbocycles. The van der Waals surface area contributed by atoms with Crippen LogP contribution in [-0.4, -0.2) is 13.3 Å². The second-order valence-electron chi connectivity index (χ2n) is 2.58. The van der Waals surface area contributed by atoms with Gasteiger partial charge in [0.2, 0.25) is 0 Å². The van der Waals surface area contributed by atoms with Crippen molar-refractivity contribution in [3.8, 4) is 12.3 Å². The molecule has 0 atom stereocenters. The lowest BCUT2D eigenvalue weighted by molar-refractivity contribution is 0.106. The smallest absolute Gasteiger partial charge is 0.113 e. The summed E-state index contributed by atoms with van der Waals surface area (Å²) >= 11 is 0. The molecule has 0 aliphatic carbocycles. The van der Waals surface area contributed by atoms with Crippen LogP contribution in [0.5, 0.6) is 0 Å². The van der Waals surface area contributed by atoms with Crippen LogP contribution < -0.4 is 0 Å². The molecule has 0 spiro atoms. The van der Waals surface area contributed by atoms with E-state index in [1.807, 2.05) is 24.3 Å². The van der Waals surface area contributed by atoms with E-state index in [1.54, 1.807) is 0 Å². The number of terminal acetylenes is 1. The minimum atomic E-state index is -0.442. The fourth-order valence-electron chi connectivity index (χ4n) is 0.942. The minimum absolute atomic E-state index is 0.150. The molecule has 0 heterocycles. The van der Waals surface area contributed by atoms with E-state index in [4.69, 9.17) is 11.2 Å². The molecule has 1 rings (SSSR count). The van der Waals surface area contributed by atoms with Crippen LogP contribution in [0.15, 0.2) is 24.3 Å². The molecule has 0 N–H and O–H groups in total. The quantitative estimate of drug-likeness (QED) is 0.507. The molecule has 0 amide bonds. The van der Waals surface area contributed by atoms with Gasteiger partial charge in [-0.2, -0.15) is 0 Å². The second-order valence-corrected chi connectivity index (χ2v) is 2.58. The lowest BCUT2D eigenvalue weighted by atomic mass is 10.1. The van der Waals surface area contributed by atoms with E-state index >= 15 is 0 Å². The first kappa shape index (κ1) is 9.76. The van der Waals surface area contributed by atoms with Gasteiger partial charge in [-0.05, 0) is 17.7 Å². The summed E-state index contributed by atoms with van der Waals surface area (Å²) in [5.74, 6) is 2.52. The van der Waals surface area contributed by atoms with Crippen molar-refractivity contribution in [2.24, 2.45) is 0 Å². The van der Waals surface area contributed by atoms with E-state index in [0.29, 0.717) is 6.61 Å². The van der Waals surface area contributed by atoms with Gasteiger partial charge in [-0.3, -0.25) is 0 Å². The lowest BCUT2D eigenvalue weighted by Gasteiger charge is -2.01. The summed E-state index contributed by atoms with van der Waals surface area (Å²) in [6, 6.07) is 7.45. The maximum absolute atomic E-state index is 11.7. The van der Waals surface area contributed by atoms with Crippen molar-refractivity contribution in [2.45, 2.75) is 6.61 Å². The Balaban J connectivity index is 2.46. The molecule has 0 radical (unpaired) electrons. The SMILES string of the molecule is C#Cc1ccc(COCCF)cc1. The van der Waals surface area contributed by atoms with Crippen LogP contribution in [0.3, 0.4) is 0 Å². The van der Waals surface area contributed by atoms with Crippen LogP contribution in [0.2, 0.25) is 0 Å². The zero-order chi connectivity index (χ0) is 9.52. The van der Waals surface area contributed by atoms with Crippen molar-refractivity contribution in [1.29, 1.82) is 0 Å². The molecule has 0 aliphatic rings. The highest BCUT2D eigenvalue weighted by Crippen LogP contribution is 2.04. The number of ether oxygens (including phenoxy) is 1. The Kier molecular flexibility index (Phi) is 4.01. The van der Waals surface area contributed by atoms with E-state index in [-0.39, 0.29) is 6.61 Å². The van der Waals surface area contributed by atoms with Gasteiger partial charge in [-0.25, -0.2) is 4.39 Å². The molecule has 1 aromatic rings. The summed E-state index contributed by atoms with van der Waals surface area (Å²) in [6.45, 7) is 0.147. The summed E-state index contributed by atoms with van der Waals surface area (Å²) in [6.07, 6.45) is 5.19. The molecule has 0 aliphatic heterocycles. The second kappa shape index (κ2) is 5.34. The van der Waals surface area contributed by atoms with Crippen LogP contribution in [0, 0.1) is 12.3 Å². The Morgan fingerprint density at radius 3 is 2.54 bits per heavy atom. The van der Waals surface area contributed by atoms with Gasteiger partial charge >= 0.3 is 0 Å². The Hall–Kier alpha value is -1.33. The van der Waals surface area contributed by atoms with Crippen LogP contribution in [0.4, 0.5) is 4.39 Å². The summed E-state index contributed by atoms with van der Waals surface area (Å²) in [5.41, 5.74) is 1.85. The van der Waals surface area contributed by atoms with Crippen molar-refractivity contribution in [2.75, 3.05) is 13.3 Å². The van der Waals surface area contributed by atoms with E-state index in [0.717, 1.165) is 11.1 Å². The summed E-state index contributed by atoms with van der Waals surface area (Å²) in [5, 5.41) is 0. The highest BCUT2D eigenvalue weighted by Gasteiger charge is 1.92. The molecule has 68 valence electrons. The Morgan fingerprint density at radius 2 is 2.00 bits per heavy atom. The van der Waals surface area contributed by atoms with Crippen molar-refractivity contribution < 1.29 is 9.13 Å². The molecule has 13 heavy (non-hydrogen) atoms. The maximum Gasteiger partial charge on any atom is 0.113 e. The van der Waals surface area contributed by atoms with Gasteiger partial charge in [0.25, 0.3) is 0 Å². The van der Waals surface area contributed by atoms with Crippen molar-refractivity contribution >= 4 is 0 Å². The molecular formula is C11H11FO. The topological polar surface area (TPSA) is 9.23 Å². The van der Waals surface area contributed by atoms with Crippen molar-refractivity contribution in [3.63, 3.8) is 0 Å². The highest BCUT2D eigenvalue weighted by molar-refractivity contribution is 5.33. The van der Waals surface area contributed by atoms with Gasteiger partial charge in [0.1, 0.15) is 6.67 Å². The van der Waals surface area contributed by atoms with E-state index < -0.39 is 6.67 Å². The average Bonchev–Trinajstić information content (AvgIpc) is 2.19. The van der Waals surface area contributed by atoms with Gasteiger partial charge in [-0.15, -0.1) is 6.42 Å². The largest absolute Gasteiger partial charge is 0.374 e. The average molecular weight is 178 g/mol. The molecule has 0 fully saturated rings. The number of alkyl halides is 1. The molecule has 0 saturated heterocycles. The predicted molar refractivity (Wildman–Crippen MR) is 50.0 cm³/mol. The summed E-state index contributed by atoms with van der Waals surface area (Å²) in [4.78, 5) is 0. The lowest BCUT2D eigenvalue weighted by Crippen LogP contribution is -1.96. The number of hydrogen-bond acceptors (Lipinski definition) is 1. The minimum Gasteiger partial charge on any atom is -0.374 e. The third-order valence-corrected chi connectivity index (χ3v) is 1.61. The zero-order valence-electron chi connectivity index (χ0n) is 7.29. The van der Waals surface area contributed by atoms with Crippen LogP contribution in [0.1, 0.15) is 11.1 Å². The third kappa shape index (κ3) is 3.27. The molecule has 0 bridgehead atoms. The third-order valence-electron chi connectivity index (χ3n) is 1.61. The number of rotatable bonds is 4. The monoisotopic (exact) mass is 178 g/mol. The van der Waals surface area contributed by atoms with Gasteiger partial charge in [0.05, 0.1) is 13.2 Å². The van der Waals surface area contributed by atoms with Crippen LogP contribution in [0.25, 0.3) is 0 Å². The maximum atomic E-state index is 11.7. The summed E-state index contributed by atoms with van der Waals surface area (Å²) < 4.78 is 16.7. The first-order valence-corrected chi connectivity index (χ1v) is 4.06. The van der Waals surface area contributed by atoms with Gasteiger partial charge in [0, 0.05) is 5.56 Å². The Morgan fingerprint density at radius 1 is 1.31 bits per heavy atom. The fourth-order valence-corrected chi connectivity index (χ4v) is 0.942. The number of hydrogen-bond donors (Lipinski definition) is 0. The van der Waals surface area contributed by atoms with Crippen molar-refractivity contribution in [3.05, 3.63) is 35.4 Å². The van der Waals surface area contributed by atoms with E-state index in [9.17, 15) is 4.39 Å². The van der Waals surface area contributed by atoms with Crippen molar-refractivity contribution in [1.82, 2.24) is 0 Å². The summed E-state index contributed by atoms with van der Waals surface area (Å²) in [7, 11) is 0. The Labute approximate surface area is 77.5 Å². The number of benzene rings is 1. The zero-order valence-corrected chi connectivity index (χ0v) is 7.29. The van der Waals surface area contributed by atoms with E-state index in [2.05, 4.69) is 5.92 Å². The van der Waals surface area contributed by atoms with Gasteiger partial charge < -0.3 is 4.74 Å². The Bertz CT molecular complexity index is 284. The predicted octanol–water partition coefficient (Wildman–Crippen LogP) is 2.15. The molecular weight excluding hydrogens is 167 g/mol. The van der Waals surface area contributed by atoms with E-state index in [1.165, 1.54) is 0 Å². The number of halogens is 1. The van der Waals surface area contributed by atoms with Crippen LogP contribution >= 0.6 is 0 Å². The molecule has 0 unspecified atom stereocenters. The highest BCUT2D eigenvalue weighted by atomic mass is 19.1. The normalized spacial score (nSPS) is 9.54. The molecule has 2 heteroatoms. The molecule has 0 aromatic heterocycles. The molecule has 1 nitrogen and oxygen atoms in total. The fraction of sp³-hybridized carbons (Fsp3) is 0.273. The van der Waals surface area contributed by atoms with Gasteiger partial charge in [0.15, 0.2) is 0 Å². The first-order valence-electron chi connectivity index (χ1n) is 4.06.